The average molecular weight is 620 g/mol. The van der Waals surface area contributed by atoms with Crippen LogP contribution in [0.1, 0.15) is 65.2 Å². The predicted molar refractivity (Wildman–Crippen MR) is 127 cm³/mol. The maximum absolute atomic E-state index is 12.3. The number of aliphatic carboxylic acids is 3. The molecule has 0 fully saturated rings. The molecule has 2 unspecified atom stereocenters. The molecule has 230 valence electrons. The molecule has 0 rings (SSSR count). The molecule has 0 saturated heterocycles. The smallest absolute Gasteiger partial charge is 0.336 e. The van der Waals surface area contributed by atoms with Crippen LogP contribution in [0.2, 0.25) is 0 Å². The summed E-state index contributed by atoms with van der Waals surface area (Å²) in [6.07, 6.45) is -2.07. The zero-order valence-electron chi connectivity index (χ0n) is 22.0. The number of hydroxylamine groups is 4. The van der Waals surface area contributed by atoms with E-state index in [4.69, 9.17) is 0 Å². The molecule has 0 heterocycles. The molecule has 0 aromatic heterocycles. The number of nitrogens with one attached hydrogen (secondary N) is 2. The first-order valence-electron chi connectivity index (χ1n) is 11.9. The van der Waals surface area contributed by atoms with Gasteiger partial charge in [0.2, 0.25) is 23.6 Å². The van der Waals surface area contributed by atoms with Gasteiger partial charge in [0.1, 0.15) is 12.1 Å². The summed E-state index contributed by atoms with van der Waals surface area (Å²) in [5, 5.41) is 62.0. The summed E-state index contributed by atoms with van der Waals surface area (Å²) in [6, 6.07) is -2.99. The summed E-state index contributed by atoms with van der Waals surface area (Å²) in [7, 11) is 0. The second kappa shape index (κ2) is 18.9. The van der Waals surface area contributed by atoms with E-state index >= 15 is 0 Å². The average Bonchev–Trinajstić information content (AvgIpc) is 2.81. The maximum atomic E-state index is 12.3. The van der Waals surface area contributed by atoms with Crippen LogP contribution in [-0.4, -0.2) is 113 Å². The van der Waals surface area contributed by atoms with E-state index in [1.54, 1.807) is 0 Å². The molecule has 0 aliphatic rings. The van der Waals surface area contributed by atoms with Crippen molar-refractivity contribution in [3.8, 4) is 0 Å². The monoisotopic (exact) mass is 620 g/mol. The van der Waals surface area contributed by atoms with E-state index in [-0.39, 0.29) is 68.7 Å². The summed E-state index contributed by atoms with van der Waals surface area (Å²) in [5.41, 5.74) is -2.99. The van der Waals surface area contributed by atoms with Gasteiger partial charge in [0.05, 0.1) is 12.8 Å². The Hall–Kier alpha value is -3.31. The molecule has 4 amide bonds. The Morgan fingerprint density at radius 2 is 1.00 bits per heavy atom. The standard InChI is InChI=1S/C22H36N4O13.Fe/c1-13(27)25(38)9-5-3-7-15(19(31)32)23-17(29)11-22(37,21(35)36)12-18(30)24-16(20(33)34)8-4-6-10-26(39)14(2)28;/h15-16,37-39H,3-12H2,1-2H3,(H,23,29)(H,24,30)(H,31,32)(H,33,34)(H,35,36);. The predicted octanol–water partition coefficient (Wildman–Crippen LogP) is -1.47. The van der Waals surface area contributed by atoms with Gasteiger partial charge in [-0.3, -0.25) is 29.6 Å². The fourth-order valence-corrected chi connectivity index (χ4v) is 3.29. The molecule has 0 aliphatic heterocycles. The van der Waals surface area contributed by atoms with Gasteiger partial charge in [-0.1, -0.05) is 0 Å². The second-order valence-electron chi connectivity index (χ2n) is 8.88. The van der Waals surface area contributed by atoms with Crippen LogP contribution in [0.25, 0.3) is 0 Å². The van der Waals surface area contributed by atoms with E-state index in [0.29, 0.717) is 10.1 Å². The molecule has 2 atom stereocenters. The van der Waals surface area contributed by atoms with Gasteiger partial charge in [-0.25, -0.2) is 24.5 Å². The first-order chi connectivity index (χ1) is 18.0. The molecule has 0 aliphatic carbocycles. The largest absolute Gasteiger partial charge is 0.480 e. The molecule has 0 saturated carbocycles. The number of amides is 4. The van der Waals surface area contributed by atoms with Crippen molar-refractivity contribution in [1.29, 1.82) is 0 Å². The van der Waals surface area contributed by atoms with E-state index < -0.39 is 72.1 Å². The first kappa shape index (κ1) is 38.8. The van der Waals surface area contributed by atoms with Crippen LogP contribution < -0.4 is 10.6 Å². The Morgan fingerprint density at radius 1 is 0.675 bits per heavy atom. The molecule has 0 bridgehead atoms. The van der Waals surface area contributed by atoms with Crippen molar-refractivity contribution < 1.29 is 81.5 Å². The summed E-state index contributed by atoms with van der Waals surface area (Å²) in [4.78, 5) is 81.1. The van der Waals surface area contributed by atoms with Crippen molar-refractivity contribution in [3.63, 3.8) is 0 Å². The van der Waals surface area contributed by atoms with Gasteiger partial charge in [-0.2, -0.15) is 0 Å². The van der Waals surface area contributed by atoms with Crippen LogP contribution in [0.5, 0.6) is 0 Å². The van der Waals surface area contributed by atoms with Crippen molar-refractivity contribution in [2.45, 2.75) is 82.9 Å². The summed E-state index contributed by atoms with van der Waals surface area (Å²) >= 11 is 0. The Morgan fingerprint density at radius 3 is 1.25 bits per heavy atom. The fourth-order valence-electron chi connectivity index (χ4n) is 3.29. The summed E-state index contributed by atoms with van der Waals surface area (Å²) < 4.78 is 0. The number of aliphatic hydroxyl groups is 1. The van der Waals surface area contributed by atoms with E-state index in [1.807, 2.05) is 10.6 Å². The minimum Gasteiger partial charge on any atom is -0.480 e. The normalized spacial score (nSPS) is 13.4. The van der Waals surface area contributed by atoms with Gasteiger partial charge < -0.3 is 31.1 Å². The van der Waals surface area contributed by atoms with Crippen molar-refractivity contribution in [2.24, 2.45) is 0 Å². The zero-order valence-corrected chi connectivity index (χ0v) is 23.1. The third kappa shape index (κ3) is 15.3. The van der Waals surface area contributed by atoms with E-state index in [2.05, 4.69) is 0 Å². The van der Waals surface area contributed by atoms with Gasteiger partial charge in [-0.15, -0.1) is 0 Å². The Labute approximate surface area is 239 Å². The molecule has 0 spiro atoms. The Bertz CT molecular complexity index is 855. The number of unbranched alkanes of at least 4 members (excludes halogenated alkanes) is 2. The van der Waals surface area contributed by atoms with E-state index in [9.17, 15) is 64.4 Å². The van der Waals surface area contributed by atoms with Crippen LogP contribution >= 0.6 is 0 Å². The number of hydrogen-bond donors (Lipinski definition) is 8. The molecule has 0 aromatic carbocycles. The third-order valence-electron chi connectivity index (χ3n) is 5.52. The molecule has 8 N–H and O–H groups in total. The van der Waals surface area contributed by atoms with Crippen LogP contribution in [0, 0.1) is 0 Å². The van der Waals surface area contributed by atoms with Gasteiger partial charge in [-0.05, 0) is 38.5 Å². The molecular weight excluding hydrogens is 584 g/mol. The van der Waals surface area contributed by atoms with Gasteiger partial charge in [0.25, 0.3) is 0 Å². The molecule has 17 nitrogen and oxygen atoms in total. The van der Waals surface area contributed by atoms with Crippen molar-refractivity contribution in [1.82, 2.24) is 20.8 Å². The number of carboxylic acids is 3. The number of carbonyl (C=O) groups is 7. The second-order valence-corrected chi connectivity index (χ2v) is 8.88. The number of carbonyl (C=O) groups excluding carboxylic acids is 4. The van der Waals surface area contributed by atoms with Gasteiger partial charge in [0.15, 0.2) is 5.60 Å². The number of carboxylic acid groups (broad SMARTS) is 3. The summed E-state index contributed by atoms with van der Waals surface area (Å²) in [6.45, 7) is 2.07. The first-order valence-corrected chi connectivity index (χ1v) is 11.9. The number of rotatable bonds is 19. The van der Waals surface area contributed by atoms with Crippen LogP contribution in [0.3, 0.4) is 0 Å². The minimum absolute atomic E-state index is 0. The molecule has 40 heavy (non-hydrogen) atoms. The van der Waals surface area contributed by atoms with Crippen LogP contribution in [-0.2, 0) is 50.6 Å². The van der Waals surface area contributed by atoms with Gasteiger partial charge in [0, 0.05) is 44.0 Å². The van der Waals surface area contributed by atoms with Gasteiger partial charge >= 0.3 is 17.9 Å². The molecule has 0 aromatic rings. The SMILES string of the molecule is CC(=O)N(O)CCCCC(NC(=O)CC(O)(CC(=O)NC(CCCCN(O)C(C)=O)C(=O)O)C(=O)O)C(=O)O.[Fe]. The number of nitrogens with zero attached hydrogens (tertiary/aromatic N) is 2. The van der Waals surface area contributed by atoms with Crippen LogP contribution in [0.4, 0.5) is 0 Å². The van der Waals surface area contributed by atoms with E-state index in [0.717, 1.165) is 13.8 Å². The van der Waals surface area contributed by atoms with E-state index in [1.165, 1.54) is 0 Å². The molecular formula is C22H36FeN4O13. The molecule has 18 heteroatoms. The quantitative estimate of drug-likeness (QED) is 0.0355. The topological polar surface area (TPSA) is 271 Å². The fraction of sp³-hybridized carbons (Fsp3) is 0.682. The Balaban J connectivity index is 0. The van der Waals surface area contributed by atoms with Crippen LogP contribution in [0.15, 0.2) is 0 Å². The van der Waals surface area contributed by atoms with Crippen molar-refractivity contribution in [2.75, 3.05) is 13.1 Å². The number of hydrogen-bond acceptors (Lipinski definition) is 10. The Kier molecular flexibility index (Phi) is 18.3. The summed E-state index contributed by atoms with van der Waals surface area (Å²) in [5.74, 6) is -8.57. The zero-order chi connectivity index (χ0) is 30.3. The van der Waals surface area contributed by atoms with Crippen molar-refractivity contribution in [3.05, 3.63) is 0 Å². The third-order valence-corrected chi connectivity index (χ3v) is 5.52. The van der Waals surface area contributed by atoms with Crippen molar-refractivity contribution >= 4 is 41.5 Å². The maximum Gasteiger partial charge on any atom is 0.336 e. The molecule has 0 radical (unpaired) electrons. The minimum atomic E-state index is -2.99.